The molecule has 5 aliphatic heterocycles. The highest BCUT2D eigenvalue weighted by atomic mass is 19.3. The predicted octanol–water partition coefficient (Wildman–Crippen LogP) is 5.31. The van der Waals surface area contributed by atoms with Crippen molar-refractivity contribution >= 4 is 63.7 Å². The van der Waals surface area contributed by atoms with E-state index in [9.17, 15) is 24.0 Å². The van der Waals surface area contributed by atoms with Crippen molar-refractivity contribution in [3.63, 3.8) is 0 Å². The normalized spacial score (nSPS) is 19.3. The third-order valence-corrected chi connectivity index (χ3v) is 12.4. The summed E-state index contributed by atoms with van der Waals surface area (Å²) in [7, 11) is 0. The number of halogens is 2. The summed E-state index contributed by atoms with van der Waals surface area (Å²) < 4.78 is 38.1. The average molecular weight is 831 g/mol. The van der Waals surface area contributed by atoms with Gasteiger partial charge in [-0.3, -0.25) is 38.9 Å². The van der Waals surface area contributed by atoms with E-state index in [2.05, 4.69) is 35.4 Å². The number of piperidine rings is 1. The molecule has 2 aromatic heterocycles. The van der Waals surface area contributed by atoms with Crippen molar-refractivity contribution < 1.29 is 37.5 Å². The summed E-state index contributed by atoms with van der Waals surface area (Å²) in [5.41, 5.74) is 5.75. The van der Waals surface area contributed by atoms with Crippen LogP contribution < -0.4 is 15.5 Å². The summed E-state index contributed by atoms with van der Waals surface area (Å²) in [5, 5.41) is 18.9. The zero-order chi connectivity index (χ0) is 42.1. The Hall–Kier alpha value is -6.69. The third-order valence-electron chi connectivity index (χ3n) is 12.4. The fourth-order valence-electron chi connectivity index (χ4n) is 9.28. The quantitative estimate of drug-likeness (QED) is 0.202. The lowest BCUT2D eigenvalue weighted by molar-refractivity contribution is -0.136. The summed E-state index contributed by atoms with van der Waals surface area (Å²) >= 11 is 0. The van der Waals surface area contributed by atoms with E-state index in [1.807, 2.05) is 11.0 Å². The molecular formula is C43H40F2N10O6. The number of alkyl halides is 2. The fourth-order valence-corrected chi connectivity index (χ4v) is 9.28. The van der Waals surface area contributed by atoms with Gasteiger partial charge in [-0.2, -0.15) is 5.10 Å². The van der Waals surface area contributed by atoms with Gasteiger partial charge in [-0.25, -0.2) is 13.8 Å². The molecule has 18 heteroatoms. The first-order valence-electron chi connectivity index (χ1n) is 20.5. The summed E-state index contributed by atoms with van der Waals surface area (Å²) in [4.78, 5) is 72.6. The number of amides is 5. The number of nitrogens with one attached hydrogen (secondary N) is 2. The second-order valence-corrected chi connectivity index (χ2v) is 16.0. The molecule has 3 aromatic carbocycles. The lowest BCUT2D eigenvalue weighted by Crippen LogP contribution is -2.54. The van der Waals surface area contributed by atoms with Crippen molar-refractivity contribution in [3.05, 3.63) is 82.0 Å². The molecule has 0 saturated carbocycles. The summed E-state index contributed by atoms with van der Waals surface area (Å²) in [6.07, 6.45) is 1.01. The molecule has 7 heterocycles. The molecule has 1 atom stereocenters. The van der Waals surface area contributed by atoms with Gasteiger partial charge in [-0.05, 0) is 91.3 Å². The van der Waals surface area contributed by atoms with Crippen molar-refractivity contribution in [2.75, 3.05) is 36.5 Å². The highest BCUT2D eigenvalue weighted by Crippen LogP contribution is 2.44. The number of rotatable bonds is 7. The topological polar surface area (TPSA) is 185 Å². The van der Waals surface area contributed by atoms with Gasteiger partial charge in [0.15, 0.2) is 5.82 Å². The molecule has 0 aliphatic carbocycles. The number of hydrogen-bond donors (Lipinski definition) is 2. The van der Waals surface area contributed by atoms with Crippen LogP contribution in [0.1, 0.15) is 94.6 Å². The standard InChI is InChI=1S/C43H40F2N10O6/c1-22(56)52-14-10-34-31(21-52)39(51-55(34)26-11-15-61-16-12-26)53-13-2-3-24-17-28(29(38(44)45)20-36(24)53)23-4-7-32-33(18-23)47-43(50-49-32)46-25-5-6-27-30(19-25)42(60)54(41(27)59)35-8-9-37(57)48-40(35)58/h4-7,17-20,26,35,38H,2-3,8-16,21H2,1H3,(H,46,47,50)(H,48,57,58). The van der Waals surface area contributed by atoms with Gasteiger partial charge < -0.3 is 19.9 Å². The van der Waals surface area contributed by atoms with Gasteiger partial charge in [0.1, 0.15) is 11.6 Å². The smallest absolute Gasteiger partial charge is 0.264 e. The van der Waals surface area contributed by atoms with E-state index in [0.29, 0.717) is 85.0 Å². The molecule has 2 saturated heterocycles. The van der Waals surface area contributed by atoms with Gasteiger partial charge in [0.05, 0.1) is 29.2 Å². The minimum absolute atomic E-state index is 0.00789. The second kappa shape index (κ2) is 15.1. The van der Waals surface area contributed by atoms with Crippen molar-refractivity contribution in [3.8, 4) is 11.1 Å². The predicted molar refractivity (Wildman–Crippen MR) is 216 cm³/mol. The molecule has 2 N–H and O–H groups in total. The Balaban J connectivity index is 0.955. The van der Waals surface area contributed by atoms with E-state index in [4.69, 9.17) is 9.84 Å². The van der Waals surface area contributed by atoms with Crippen LogP contribution in [-0.4, -0.2) is 96.6 Å². The first-order chi connectivity index (χ1) is 29.5. The van der Waals surface area contributed by atoms with Crippen molar-refractivity contribution in [2.45, 2.75) is 76.9 Å². The number of carbonyl (C=O) groups excluding carboxylic acids is 5. The molecule has 2 fully saturated rings. The molecule has 312 valence electrons. The van der Waals surface area contributed by atoms with Gasteiger partial charge in [-0.1, -0.05) is 6.07 Å². The van der Waals surface area contributed by atoms with Gasteiger partial charge >= 0.3 is 0 Å². The van der Waals surface area contributed by atoms with E-state index >= 15 is 8.78 Å². The van der Waals surface area contributed by atoms with Crippen LogP contribution in [0.2, 0.25) is 0 Å². The Kier molecular flexibility index (Phi) is 9.53. The van der Waals surface area contributed by atoms with Crippen LogP contribution >= 0.6 is 0 Å². The second-order valence-electron chi connectivity index (χ2n) is 16.0. The highest BCUT2D eigenvalue weighted by molar-refractivity contribution is 6.23. The number of nitrogens with zero attached hydrogens (tertiary/aromatic N) is 8. The van der Waals surface area contributed by atoms with Crippen LogP contribution in [0.4, 0.5) is 31.9 Å². The van der Waals surface area contributed by atoms with Crippen LogP contribution in [-0.2, 0) is 38.5 Å². The number of ether oxygens (including phenoxy) is 1. The van der Waals surface area contributed by atoms with Gasteiger partial charge in [0, 0.05) is 74.3 Å². The SMILES string of the molecule is CC(=O)N1CCc2c(c(N3CCCc4cc(-c5ccc6nnc(Nc7ccc8c(c7)C(=O)N(C7CCC(=O)NC7=O)C8=O)nc6c5)c(C(F)F)cc43)nn2C2CCOCC2)C1. The Morgan fingerprint density at radius 3 is 2.49 bits per heavy atom. The number of aromatic nitrogens is 5. The number of carbonyl (C=O) groups is 5. The molecule has 5 amide bonds. The molecule has 10 rings (SSSR count). The van der Waals surface area contributed by atoms with E-state index in [1.54, 1.807) is 37.3 Å². The molecule has 5 aliphatic rings. The minimum Gasteiger partial charge on any atom is -0.381 e. The summed E-state index contributed by atoms with van der Waals surface area (Å²) in [5.74, 6) is -1.70. The monoisotopic (exact) mass is 830 g/mol. The number of hydrogen-bond acceptors (Lipinski definition) is 12. The lowest BCUT2D eigenvalue weighted by Gasteiger charge is -2.33. The molecule has 0 bridgehead atoms. The number of imide groups is 2. The van der Waals surface area contributed by atoms with Crippen LogP contribution in [0.5, 0.6) is 0 Å². The largest absolute Gasteiger partial charge is 0.381 e. The maximum Gasteiger partial charge on any atom is 0.264 e. The number of anilines is 4. The maximum absolute atomic E-state index is 15.2. The minimum atomic E-state index is -2.80. The van der Waals surface area contributed by atoms with Gasteiger partial charge in [0.25, 0.3) is 18.2 Å². The Bertz CT molecular complexity index is 2700. The van der Waals surface area contributed by atoms with Crippen molar-refractivity contribution in [1.82, 2.24) is 40.1 Å². The zero-order valence-corrected chi connectivity index (χ0v) is 33.1. The average Bonchev–Trinajstić information content (AvgIpc) is 3.76. The van der Waals surface area contributed by atoms with Crippen molar-refractivity contribution in [2.24, 2.45) is 0 Å². The lowest BCUT2D eigenvalue weighted by atomic mass is 9.91. The van der Waals surface area contributed by atoms with E-state index in [-0.39, 0.29) is 47.4 Å². The van der Waals surface area contributed by atoms with Gasteiger partial charge in [0.2, 0.25) is 23.7 Å². The molecule has 1 unspecified atom stereocenters. The van der Waals surface area contributed by atoms with Crippen LogP contribution in [0.3, 0.4) is 0 Å². The highest BCUT2D eigenvalue weighted by Gasteiger charge is 2.45. The first-order valence-corrected chi connectivity index (χ1v) is 20.5. The summed E-state index contributed by atoms with van der Waals surface area (Å²) in [6.45, 7) is 4.45. The molecule has 5 aromatic rings. The Morgan fingerprint density at radius 2 is 1.70 bits per heavy atom. The number of benzene rings is 3. The molecule has 16 nitrogen and oxygen atoms in total. The van der Waals surface area contributed by atoms with Crippen LogP contribution in [0.25, 0.3) is 22.2 Å². The first kappa shape index (κ1) is 38.5. The van der Waals surface area contributed by atoms with E-state index < -0.39 is 36.1 Å². The maximum atomic E-state index is 15.2. The Morgan fingerprint density at radius 1 is 0.885 bits per heavy atom. The molecule has 0 spiro atoms. The van der Waals surface area contributed by atoms with Gasteiger partial charge in [-0.15, -0.1) is 10.2 Å². The van der Waals surface area contributed by atoms with E-state index in [1.165, 1.54) is 12.1 Å². The molecule has 61 heavy (non-hydrogen) atoms. The zero-order valence-electron chi connectivity index (χ0n) is 33.1. The molecule has 0 radical (unpaired) electrons. The number of fused-ring (bicyclic) bond motifs is 4. The Labute approximate surface area is 347 Å². The van der Waals surface area contributed by atoms with E-state index in [0.717, 1.165) is 41.0 Å². The fraction of sp³-hybridized carbons (Fsp3) is 0.372. The summed E-state index contributed by atoms with van der Waals surface area (Å²) in [6, 6.07) is 12.1. The number of aryl methyl sites for hydroxylation is 1. The van der Waals surface area contributed by atoms with Crippen LogP contribution in [0, 0.1) is 0 Å². The molecular weight excluding hydrogens is 791 g/mol. The van der Waals surface area contributed by atoms with Crippen LogP contribution in [0.15, 0.2) is 48.5 Å². The van der Waals surface area contributed by atoms with Crippen molar-refractivity contribution in [1.29, 1.82) is 0 Å². The third kappa shape index (κ3) is 6.74.